The summed E-state index contributed by atoms with van der Waals surface area (Å²) in [4.78, 5) is 15.6. The molecule has 0 atom stereocenters. The lowest BCUT2D eigenvalue weighted by Crippen LogP contribution is -3.14. The Bertz CT molecular complexity index is 932. The molecule has 1 aliphatic rings. The molecule has 0 unspecified atom stereocenters. The second-order valence-corrected chi connectivity index (χ2v) is 8.09. The molecule has 1 aromatic heterocycles. The van der Waals surface area contributed by atoms with Crippen LogP contribution in [0, 0.1) is 25.4 Å². The second-order valence-electron chi connectivity index (χ2n) is 7.27. The van der Waals surface area contributed by atoms with Gasteiger partial charge in [-0.1, -0.05) is 29.9 Å². The monoisotopic (exact) mass is 405 g/mol. The van der Waals surface area contributed by atoms with Crippen LogP contribution in [0.25, 0.3) is 0 Å². The van der Waals surface area contributed by atoms with Crippen molar-refractivity contribution >= 4 is 35.4 Å². The zero-order valence-corrected chi connectivity index (χ0v) is 17.6. The van der Waals surface area contributed by atoms with Crippen molar-refractivity contribution < 1.29 is 9.69 Å². The molecule has 1 aromatic carbocycles. The predicted molar refractivity (Wildman–Crippen MR) is 112 cm³/mol. The second kappa shape index (κ2) is 8.00. The molecule has 0 bridgehead atoms. The van der Waals surface area contributed by atoms with Gasteiger partial charge in [0.05, 0.1) is 31.7 Å². The average Bonchev–Trinajstić information content (AvgIpc) is 2.61. The van der Waals surface area contributed by atoms with E-state index in [1.807, 2.05) is 36.6 Å². The van der Waals surface area contributed by atoms with Gasteiger partial charge in [-0.2, -0.15) is 0 Å². The molecule has 0 radical (unpaired) electrons. The number of anilines is 1. The fraction of sp³-hybridized carbons (Fsp3) is 0.400. The van der Waals surface area contributed by atoms with Crippen LogP contribution in [0.5, 0.6) is 0 Å². The van der Waals surface area contributed by atoms with Crippen molar-refractivity contribution in [3.63, 3.8) is 0 Å². The summed E-state index contributed by atoms with van der Waals surface area (Å²) in [6, 6.07) is 8.03. The quantitative estimate of drug-likeness (QED) is 0.767. The van der Waals surface area contributed by atoms with E-state index in [2.05, 4.69) is 17.9 Å². The Hall–Kier alpha value is -1.89. The molecule has 3 rings (SSSR count). The van der Waals surface area contributed by atoms with Gasteiger partial charge in [-0.15, -0.1) is 0 Å². The third-order valence-corrected chi connectivity index (χ3v) is 5.97. The Morgan fingerprint density at radius 3 is 2.48 bits per heavy atom. The van der Waals surface area contributed by atoms with E-state index >= 15 is 0 Å². The molecule has 2 aromatic rings. The maximum atomic E-state index is 11.8. The molecular weight excluding hydrogens is 380 g/mol. The standard InChI is InChI=1S/C20H25ClN4OS/c1-13-4-5-16(21)11-17(13)24-8-6-23(7-9-24)12-25-15(3)10-14(2)18(19(22)26)20(25)27/h4-5,10-11H,6-9,12H2,1-3H3,(H2,22,26)/p+1. The summed E-state index contributed by atoms with van der Waals surface area (Å²) in [7, 11) is 0. The minimum atomic E-state index is -0.456. The van der Waals surface area contributed by atoms with E-state index in [1.165, 1.54) is 16.2 Å². The lowest BCUT2D eigenvalue weighted by Gasteiger charge is -2.35. The van der Waals surface area contributed by atoms with E-state index in [0.717, 1.165) is 49.1 Å². The Labute approximate surface area is 170 Å². The lowest BCUT2D eigenvalue weighted by atomic mass is 10.1. The number of hydrogen-bond acceptors (Lipinski definition) is 3. The summed E-state index contributed by atoms with van der Waals surface area (Å²) in [6.07, 6.45) is 0. The lowest BCUT2D eigenvalue weighted by molar-refractivity contribution is -0.923. The van der Waals surface area contributed by atoms with Gasteiger partial charge in [-0.05, 0) is 50.1 Å². The van der Waals surface area contributed by atoms with Crippen LogP contribution in [0.2, 0.25) is 5.02 Å². The van der Waals surface area contributed by atoms with Gasteiger partial charge < -0.3 is 15.5 Å². The highest BCUT2D eigenvalue weighted by Gasteiger charge is 2.23. The SMILES string of the molecule is Cc1ccc(Cl)cc1N1CC[NH+](Cn2c(C)cc(C)c(C(N)=O)c2=S)CC1. The number of nitrogens with zero attached hydrogens (tertiary/aromatic N) is 2. The van der Waals surface area contributed by atoms with Crippen LogP contribution in [-0.2, 0) is 6.67 Å². The molecule has 27 heavy (non-hydrogen) atoms. The number of nitrogens with one attached hydrogen (secondary N) is 1. The molecule has 0 saturated carbocycles. The van der Waals surface area contributed by atoms with E-state index in [4.69, 9.17) is 29.6 Å². The zero-order valence-electron chi connectivity index (χ0n) is 16.0. The van der Waals surface area contributed by atoms with Crippen molar-refractivity contribution in [1.29, 1.82) is 0 Å². The number of carbonyl (C=O) groups excluding carboxylic acids is 1. The highest BCUT2D eigenvalue weighted by atomic mass is 35.5. The van der Waals surface area contributed by atoms with Crippen LogP contribution in [0.1, 0.15) is 27.2 Å². The minimum Gasteiger partial charge on any atom is -0.365 e. The Morgan fingerprint density at radius 2 is 1.85 bits per heavy atom. The zero-order chi connectivity index (χ0) is 19.7. The van der Waals surface area contributed by atoms with Crippen molar-refractivity contribution in [3.05, 3.63) is 56.3 Å². The van der Waals surface area contributed by atoms with Gasteiger partial charge >= 0.3 is 0 Å². The number of primary amides is 1. The Morgan fingerprint density at radius 1 is 1.19 bits per heavy atom. The number of nitrogens with two attached hydrogens (primary N) is 1. The van der Waals surface area contributed by atoms with E-state index in [1.54, 1.807) is 0 Å². The number of halogens is 1. The summed E-state index contributed by atoms with van der Waals surface area (Å²) < 4.78 is 2.58. The summed E-state index contributed by atoms with van der Waals surface area (Å²) in [5, 5.41) is 0.769. The Balaban J connectivity index is 1.75. The van der Waals surface area contributed by atoms with Crippen molar-refractivity contribution in [2.24, 2.45) is 5.73 Å². The van der Waals surface area contributed by atoms with E-state index in [9.17, 15) is 4.79 Å². The van der Waals surface area contributed by atoms with Crippen molar-refractivity contribution in [2.75, 3.05) is 31.1 Å². The van der Waals surface area contributed by atoms with Gasteiger partial charge in [-0.25, -0.2) is 0 Å². The largest absolute Gasteiger partial charge is 0.365 e. The Kier molecular flexibility index (Phi) is 5.89. The first kappa shape index (κ1) is 19.9. The number of piperazine rings is 1. The van der Waals surface area contributed by atoms with E-state index in [-0.39, 0.29) is 0 Å². The smallest absolute Gasteiger partial charge is 0.251 e. The third-order valence-electron chi connectivity index (χ3n) is 5.32. The minimum absolute atomic E-state index is 0.456. The van der Waals surface area contributed by atoms with Gasteiger partial charge in [-0.3, -0.25) is 9.36 Å². The first-order valence-corrected chi connectivity index (χ1v) is 9.92. The highest BCUT2D eigenvalue weighted by molar-refractivity contribution is 7.71. The van der Waals surface area contributed by atoms with Crippen molar-refractivity contribution in [1.82, 2.24) is 4.57 Å². The van der Waals surface area contributed by atoms with E-state index in [0.29, 0.717) is 10.2 Å². The maximum Gasteiger partial charge on any atom is 0.251 e. The number of pyridine rings is 1. The number of carbonyl (C=O) groups is 1. The molecule has 1 saturated heterocycles. The normalized spacial score (nSPS) is 15.2. The number of benzene rings is 1. The first-order valence-electron chi connectivity index (χ1n) is 9.13. The molecule has 144 valence electrons. The van der Waals surface area contributed by atoms with Crippen molar-refractivity contribution in [2.45, 2.75) is 27.4 Å². The molecule has 0 spiro atoms. The number of aromatic nitrogens is 1. The fourth-order valence-electron chi connectivity index (χ4n) is 3.79. The molecule has 1 amide bonds. The fourth-order valence-corrected chi connectivity index (χ4v) is 4.43. The van der Waals surface area contributed by atoms with Gasteiger partial charge in [0.25, 0.3) is 5.91 Å². The number of rotatable bonds is 4. The molecule has 0 aliphatic carbocycles. The van der Waals surface area contributed by atoms with Crippen LogP contribution in [0.3, 0.4) is 0 Å². The topological polar surface area (TPSA) is 55.7 Å². The molecule has 2 heterocycles. The molecule has 1 aliphatic heterocycles. The van der Waals surface area contributed by atoms with Gasteiger partial charge in [0.1, 0.15) is 4.64 Å². The van der Waals surface area contributed by atoms with Crippen molar-refractivity contribution in [3.8, 4) is 0 Å². The summed E-state index contributed by atoms with van der Waals surface area (Å²) >= 11 is 11.7. The van der Waals surface area contributed by atoms with Crippen LogP contribution in [-0.4, -0.2) is 36.7 Å². The highest BCUT2D eigenvalue weighted by Crippen LogP contribution is 2.24. The number of quaternary nitrogens is 1. The number of amides is 1. The molecule has 7 heteroatoms. The molecular formula is C20H26ClN4OS+. The maximum absolute atomic E-state index is 11.8. The summed E-state index contributed by atoms with van der Waals surface area (Å²) in [6.45, 7) is 10.7. The summed E-state index contributed by atoms with van der Waals surface area (Å²) in [5.74, 6) is -0.456. The molecule has 3 N–H and O–H groups in total. The first-order chi connectivity index (χ1) is 12.8. The van der Waals surface area contributed by atoms with Gasteiger partial charge in [0.2, 0.25) is 0 Å². The molecule has 5 nitrogen and oxygen atoms in total. The third kappa shape index (κ3) is 4.18. The predicted octanol–water partition coefficient (Wildman–Crippen LogP) is 2.26. The summed E-state index contributed by atoms with van der Waals surface area (Å²) in [5.41, 5.74) is 10.3. The van der Waals surface area contributed by atoms with E-state index < -0.39 is 5.91 Å². The van der Waals surface area contributed by atoms with Crippen LogP contribution < -0.4 is 15.5 Å². The van der Waals surface area contributed by atoms with Crippen LogP contribution >= 0.6 is 23.8 Å². The van der Waals surface area contributed by atoms with Crippen LogP contribution in [0.4, 0.5) is 5.69 Å². The molecule has 1 fully saturated rings. The number of aryl methyl sites for hydroxylation is 3. The average molecular weight is 406 g/mol. The van der Waals surface area contributed by atoms with Gasteiger partial charge in [0, 0.05) is 16.4 Å². The number of hydrogen-bond donors (Lipinski definition) is 2. The van der Waals surface area contributed by atoms with Crippen LogP contribution in [0.15, 0.2) is 24.3 Å². The van der Waals surface area contributed by atoms with Gasteiger partial charge in [0.15, 0.2) is 6.67 Å².